The number of rotatable bonds is 3. The van der Waals surface area contributed by atoms with E-state index in [1.54, 1.807) is 0 Å². The van der Waals surface area contributed by atoms with Crippen molar-refractivity contribution in [3.05, 3.63) is 35.9 Å². The molecule has 88 valence electrons. The third kappa shape index (κ3) is 2.57. The summed E-state index contributed by atoms with van der Waals surface area (Å²) in [6.45, 7) is 4.71. The van der Waals surface area contributed by atoms with Crippen LogP contribution in [0.15, 0.2) is 35.3 Å². The van der Waals surface area contributed by atoms with Gasteiger partial charge in [-0.1, -0.05) is 50.1 Å². The van der Waals surface area contributed by atoms with Gasteiger partial charge in [-0.3, -0.25) is 4.99 Å². The summed E-state index contributed by atoms with van der Waals surface area (Å²) in [6.07, 6.45) is 5.98. The SMILES string of the molecule is C#CCOC1CC(C)(C)C(c2ccccc2)=N1. The highest BCUT2D eigenvalue weighted by Crippen LogP contribution is 2.35. The van der Waals surface area contributed by atoms with Crippen molar-refractivity contribution in [3.8, 4) is 12.3 Å². The van der Waals surface area contributed by atoms with E-state index in [-0.39, 0.29) is 11.6 Å². The van der Waals surface area contributed by atoms with Crippen molar-refractivity contribution >= 4 is 5.71 Å². The van der Waals surface area contributed by atoms with Gasteiger partial charge in [-0.25, -0.2) is 0 Å². The molecule has 1 heterocycles. The highest BCUT2D eigenvalue weighted by Gasteiger charge is 2.36. The molecule has 1 aromatic rings. The van der Waals surface area contributed by atoms with Gasteiger partial charge in [-0.2, -0.15) is 0 Å². The molecule has 17 heavy (non-hydrogen) atoms. The first kappa shape index (κ1) is 11.9. The molecular formula is C15H17NO. The van der Waals surface area contributed by atoms with Crippen molar-refractivity contribution in [1.29, 1.82) is 0 Å². The summed E-state index contributed by atoms with van der Waals surface area (Å²) >= 11 is 0. The average molecular weight is 227 g/mol. The second-order valence-corrected chi connectivity index (χ2v) is 4.90. The summed E-state index contributed by atoms with van der Waals surface area (Å²) in [5.74, 6) is 2.49. The van der Waals surface area contributed by atoms with Gasteiger partial charge in [0.15, 0.2) is 6.23 Å². The molecule has 1 aliphatic heterocycles. The van der Waals surface area contributed by atoms with Gasteiger partial charge in [0.05, 0.1) is 5.71 Å². The Kier molecular flexibility index (Phi) is 3.31. The first-order valence-corrected chi connectivity index (χ1v) is 5.82. The molecule has 0 aromatic heterocycles. The van der Waals surface area contributed by atoms with Gasteiger partial charge in [-0.05, 0) is 5.56 Å². The smallest absolute Gasteiger partial charge is 0.150 e. The lowest BCUT2D eigenvalue weighted by Gasteiger charge is -2.20. The summed E-state index contributed by atoms with van der Waals surface area (Å²) < 4.78 is 5.52. The summed E-state index contributed by atoms with van der Waals surface area (Å²) in [4.78, 5) is 4.65. The molecule has 0 aliphatic carbocycles. The Morgan fingerprint density at radius 3 is 2.76 bits per heavy atom. The van der Waals surface area contributed by atoms with Crippen LogP contribution in [0.5, 0.6) is 0 Å². The van der Waals surface area contributed by atoms with Crippen LogP contribution in [-0.2, 0) is 4.74 Å². The van der Waals surface area contributed by atoms with Crippen molar-refractivity contribution in [2.45, 2.75) is 26.5 Å². The first-order chi connectivity index (χ1) is 8.13. The van der Waals surface area contributed by atoms with Crippen molar-refractivity contribution in [2.75, 3.05) is 6.61 Å². The standard InChI is InChI=1S/C15H17NO/c1-4-10-17-13-11-15(2,3)14(16-13)12-8-6-5-7-9-12/h1,5-9,13H,10-11H2,2-3H3. The minimum absolute atomic E-state index is 0.0423. The second-order valence-electron chi connectivity index (χ2n) is 4.90. The molecule has 0 N–H and O–H groups in total. The summed E-state index contributed by atoms with van der Waals surface area (Å²) in [5.41, 5.74) is 2.32. The van der Waals surface area contributed by atoms with E-state index < -0.39 is 0 Å². The molecule has 0 fully saturated rings. The number of benzene rings is 1. The van der Waals surface area contributed by atoms with Crippen LogP contribution in [0, 0.1) is 17.8 Å². The molecule has 0 spiro atoms. The van der Waals surface area contributed by atoms with E-state index in [2.05, 4.69) is 36.9 Å². The lowest BCUT2D eigenvalue weighted by atomic mass is 9.82. The van der Waals surface area contributed by atoms with Crippen LogP contribution in [-0.4, -0.2) is 18.5 Å². The predicted octanol–water partition coefficient (Wildman–Crippen LogP) is 2.88. The van der Waals surface area contributed by atoms with Crippen molar-refractivity contribution < 1.29 is 4.74 Å². The molecule has 0 radical (unpaired) electrons. The van der Waals surface area contributed by atoms with Gasteiger partial charge in [0, 0.05) is 11.8 Å². The maximum absolute atomic E-state index is 5.52. The number of terminal acetylenes is 1. The van der Waals surface area contributed by atoms with Gasteiger partial charge < -0.3 is 4.74 Å². The average Bonchev–Trinajstić information content (AvgIpc) is 2.63. The summed E-state index contributed by atoms with van der Waals surface area (Å²) in [5, 5.41) is 0. The van der Waals surface area contributed by atoms with E-state index in [1.807, 2.05) is 18.2 Å². The van der Waals surface area contributed by atoms with Gasteiger partial charge in [0.1, 0.15) is 6.61 Å². The molecule has 0 saturated heterocycles. The van der Waals surface area contributed by atoms with Gasteiger partial charge in [0.25, 0.3) is 0 Å². The van der Waals surface area contributed by atoms with E-state index in [0.29, 0.717) is 6.61 Å². The first-order valence-electron chi connectivity index (χ1n) is 5.82. The summed E-state index contributed by atoms with van der Waals surface area (Å²) in [6, 6.07) is 10.2. The van der Waals surface area contributed by atoms with Crippen LogP contribution >= 0.6 is 0 Å². The van der Waals surface area contributed by atoms with Gasteiger partial charge >= 0.3 is 0 Å². The van der Waals surface area contributed by atoms with E-state index in [4.69, 9.17) is 11.2 Å². The minimum atomic E-state index is -0.101. The lowest BCUT2D eigenvalue weighted by molar-refractivity contribution is 0.0732. The van der Waals surface area contributed by atoms with Crippen LogP contribution in [0.3, 0.4) is 0 Å². The fourth-order valence-corrected chi connectivity index (χ4v) is 2.20. The third-order valence-electron chi connectivity index (χ3n) is 3.01. The Morgan fingerprint density at radius 1 is 1.41 bits per heavy atom. The quantitative estimate of drug-likeness (QED) is 0.728. The fraction of sp³-hybridized carbons (Fsp3) is 0.400. The molecule has 1 aliphatic rings. The molecule has 2 heteroatoms. The molecule has 1 atom stereocenters. The van der Waals surface area contributed by atoms with Crippen LogP contribution in [0.4, 0.5) is 0 Å². The molecule has 2 nitrogen and oxygen atoms in total. The van der Waals surface area contributed by atoms with Gasteiger partial charge in [-0.15, -0.1) is 6.42 Å². The topological polar surface area (TPSA) is 21.6 Å². The highest BCUT2D eigenvalue weighted by molar-refractivity contribution is 6.05. The molecular weight excluding hydrogens is 210 g/mol. The van der Waals surface area contributed by atoms with E-state index >= 15 is 0 Å². The number of hydrogen-bond donors (Lipinski definition) is 0. The molecule has 1 aromatic carbocycles. The molecule has 0 amide bonds. The summed E-state index contributed by atoms with van der Waals surface area (Å²) in [7, 11) is 0. The highest BCUT2D eigenvalue weighted by atomic mass is 16.5. The Bertz CT molecular complexity index is 454. The lowest BCUT2D eigenvalue weighted by Crippen LogP contribution is -2.21. The second kappa shape index (κ2) is 4.73. The predicted molar refractivity (Wildman–Crippen MR) is 70.0 cm³/mol. The Morgan fingerprint density at radius 2 is 2.12 bits per heavy atom. The molecule has 0 saturated carbocycles. The zero-order valence-electron chi connectivity index (χ0n) is 10.3. The largest absolute Gasteiger partial charge is 0.344 e. The third-order valence-corrected chi connectivity index (χ3v) is 3.01. The maximum Gasteiger partial charge on any atom is 0.150 e. The molecule has 0 bridgehead atoms. The number of ether oxygens (including phenoxy) is 1. The Hall–Kier alpha value is -1.59. The zero-order valence-corrected chi connectivity index (χ0v) is 10.3. The van der Waals surface area contributed by atoms with E-state index in [0.717, 1.165) is 12.1 Å². The zero-order chi connectivity index (χ0) is 12.3. The monoisotopic (exact) mass is 227 g/mol. The Balaban J connectivity index is 2.23. The maximum atomic E-state index is 5.52. The van der Waals surface area contributed by atoms with Gasteiger partial charge in [0.2, 0.25) is 0 Å². The van der Waals surface area contributed by atoms with Crippen molar-refractivity contribution in [2.24, 2.45) is 10.4 Å². The van der Waals surface area contributed by atoms with Crippen molar-refractivity contribution in [1.82, 2.24) is 0 Å². The number of nitrogens with zero attached hydrogens (tertiary/aromatic N) is 1. The van der Waals surface area contributed by atoms with Crippen LogP contribution < -0.4 is 0 Å². The minimum Gasteiger partial charge on any atom is -0.344 e. The van der Waals surface area contributed by atoms with Crippen molar-refractivity contribution in [3.63, 3.8) is 0 Å². The van der Waals surface area contributed by atoms with Crippen LogP contribution in [0.2, 0.25) is 0 Å². The van der Waals surface area contributed by atoms with Crippen LogP contribution in [0.1, 0.15) is 25.8 Å². The van der Waals surface area contributed by atoms with E-state index in [1.165, 1.54) is 5.56 Å². The fourth-order valence-electron chi connectivity index (χ4n) is 2.20. The van der Waals surface area contributed by atoms with Crippen LogP contribution in [0.25, 0.3) is 0 Å². The number of hydrogen-bond acceptors (Lipinski definition) is 2. The normalized spacial score (nSPS) is 21.9. The molecule has 1 unspecified atom stereocenters. The van der Waals surface area contributed by atoms with E-state index in [9.17, 15) is 0 Å². The number of aliphatic imine (C=N–C) groups is 1. The molecule has 2 rings (SSSR count). The Labute approximate surface area is 103 Å².